The molecule has 0 aromatic carbocycles. The van der Waals surface area contributed by atoms with Crippen molar-refractivity contribution in [3.63, 3.8) is 0 Å². The Hall–Kier alpha value is -0.960. The van der Waals surface area contributed by atoms with E-state index in [1.807, 2.05) is 7.05 Å². The van der Waals surface area contributed by atoms with Crippen molar-refractivity contribution in [3.8, 4) is 0 Å². The van der Waals surface area contributed by atoms with Crippen LogP contribution in [-0.2, 0) is 6.42 Å². The SMILES string of the molecule is CCC(C)c1nc(C)c(CCNC)c(C)n1. The largest absolute Gasteiger partial charge is 0.319 e. The van der Waals surface area contributed by atoms with Gasteiger partial charge in [0.15, 0.2) is 0 Å². The van der Waals surface area contributed by atoms with E-state index in [1.165, 1.54) is 5.56 Å². The summed E-state index contributed by atoms with van der Waals surface area (Å²) in [6, 6.07) is 0. The van der Waals surface area contributed by atoms with E-state index in [1.54, 1.807) is 0 Å². The highest BCUT2D eigenvalue weighted by Gasteiger charge is 2.11. The molecule has 0 aliphatic heterocycles. The predicted molar refractivity (Wildman–Crippen MR) is 67.8 cm³/mol. The predicted octanol–water partition coefficient (Wildman–Crippen LogP) is 2.37. The van der Waals surface area contributed by atoms with Gasteiger partial charge in [0.1, 0.15) is 5.82 Å². The number of rotatable bonds is 5. The Kier molecular flexibility index (Phi) is 4.87. The van der Waals surface area contributed by atoms with E-state index in [0.29, 0.717) is 5.92 Å². The van der Waals surface area contributed by atoms with Gasteiger partial charge < -0.3 is 5.32 Å². The Morgan fingerprint density at radius 3 is 2.19 bits per heavy atom. The van der Waals surface area contributed by atoms with Gasteiger partial charge in [0.05, 0.1) is 0 Å². The third kappa shape index (κ3) is 3.01. The van der Waals surface area contributed by atoms with Crippen molar-refractivity contribution in [1.82, 2.24) is 15.3 Å². The molecular weight excluding hydrogens is 198 g/mol. The van der Waals surface area contributed by atoms with Gasteiger partial charge in [0.2, 0.25) is 0 Å². The first kappa shape index (κ1) is 13.1. The number of hydrogen-bond donors (Lipinski definition) is 1. The quantitative estimate of drug-likeness (QED) is 0.829. The van der Waals surface area contributed by atoms with E-state index in [-0.39, 0.29) is 0 Å². The van der Waals surface area contributed by atoms with Gasteiger partial charge in [0.25, 0.3) is 0 Å². The molecule has 3 nitrogen and oxygen atoms in total. The maximum absolute atomic E-state index is 4.62. The monoisotopic (exact) mass is 221 g/mol. The first-order chi connectivity index (χ1) is 7.60. The third-order valence-corrected chi connectivity index (χ3v) is 3.12. The zero-order valence-electron chi connectivity index (χ0n) is 11.1. The van der Waals surface area contributed by atoms with Gasteiger partial charge in [-0.05, 0) is 45.8 Å². The van der Waals surface area contributed by atoms with E-state index >= 15 is 0 Å². The molecule has 90 valence electrons. The topological polar surface area (TPSA) is 37.8 Å². The molecule has 1 aromatic heterocycles. The van der Waals surface area contributed by atoms with Gasteiger partial charge in [-0.3, -0.25) is 0 Å². The normalized spacial score (nSPS) is 12.8. The summed E-state index contributed by atoms with van der Waals surface area (Å²) in [7, 11) is 1.97. The van der Waals surface area contributed by atoms with Crippen LogP contribution < -0.4 is 5.32 Å². The summed E-state index contributed by atoms with van der Waals surface area (Å²) >= 11 is 0. The van der Waals surface area contributed by atoms with Gasteiger partial charge in [-0.2, -0.15) is 0 Å². The number of nitrogens with one attached hydrogen (secondary N) is 1. The Balaban J connectivity index is 2.97. The van der Waals surface area contributed by atoms with Crippen molar-refractivity contribution in [2.75, 3.05) is 13.6 Å². The van der Waals surface area contributed by atoms with E-state index in [0.717, 1.165) is 36.6 Å². The standard InChI is InChI=1S/C13H23N3/c1-6-9(2)13-15-10(3)12(7-8-14-5)11(4)16-13/h9,14H,6-8H2,1-5H3. The summed E-state index contributed by atoms with van der Waals surface area (Å²) in [6.45, 7) is 9.51. The van der Waals surface area contributed by atoms with E-state index in [2.05, 4.69) is 43.0 Å². The smallest absolute Gasteiger partial charge is 0.131 e. The van der Waals surface area contributed by atoms with Gasteiger partial charge in [-0.25, -0.2) is 9.97 Å². The number of likely N-dealkylation sites (N-methyl/N-ethyl adjacent to an activating group) is 1. The van der Waals surface area contributed by atoms with Gasteiger partial charge in [0, 0.05) is 17.3 Å². The second-order valence-electron chi connectivity index (χ2n) is 4.39. The molecule has 0 aliphatic rings. The van der Waals surface area contributed by atoms with E-state index in [4.69, 9.17) is 0 Å². The zero-order chi connectivity index (χ0) is 12.1. The van der Waals surface area contributed by atoms with Crippen molar-refractivity contribution < 1.29 is 0 Å². The molecule has 0 aliphatic carbocycles. The number of nitrogens with zero attached hydrogens (tertiary/aromatic N) is 2. The van der Waals surface area contributed by atoms with E-state index in [9.17, 15) is 0 Å². The highest BCUT2D eigenvalue weighted by Crippen LogP contribution is 2.18. The number of aromatic nitrogens is 2. The molecule has 0 saturated heterocycles. The molecule has 0 bridgehead atoms. The van der Waals surface area contributed by atoms with Crippen molar-refractivity contribution in [3.05, 3.63) is 22.8 Å². The van der Waals surface area contributed by atoms with Crippen LogP contribution in [0.5, 0.6) is 0 Å². The van der Waals surface area contributed by atoms with Crippen LogP contribution in [0.4, 0.5) is 0 Å². The number of hydrogen-bond acceptors (Lipinski definition) is 3. The molecule has 16 heavy (non-hydrogen) atoms. The third-order valence-electron chi connectivity index (χ3n) is 3.12. The summed E-state index contributed by atoms with van der Waals surface area (Å²) in [5.74, 6) is 1.45. The molecule has 0 saturated carbocycles. The van der Waals surface area contributed by atoms with Crippen LogP contribution in [0.3, 0.4) is 0 Å². The molecule has 1 heterocycles. The lowest BCUT2D eigenvalue weighted by Crippen LogP contribution is -2.14. The second kappa shape index (κ2) is 5.94. The minimum atomic E-state index is 0.454. The maximum Gasteiger partial charge on any atom is 0.131 e. The summed E-state index contributed by atoms with van der Waals surface area (Å²) < 4.78 is 0. The van der Waals surface area contributed by atoms with Crippen LogP contribution in [-0.4, -0.2) is 23.6 Å². The molecule has 1 N–H and O–H groups in total. The van der Waals surface area contributed by atoms with E-state index < -0.39 is 0 Å². The lowest BCUT2D eigenvalue weighted by Gasteiger charge is -2.13. The fourth-order valence-electron chi connectivity index (χ4n) is 1.78. The summed E-state index contributed by atoms with van der Waals surface area (Å²) in [5.41, 5.74) is 3.57. The molecule has 3 heteroatoms. The molecule has 1 aromatic rings. The van der Waals surface area contributed by atoms with Crippen LogP contribution in [0, 0.1) is 13.8 Å². The molecule has 1 unspecified atom stereocenters. The lowest BCUT2D eigenvalue weighted by atomic mass is 10.1. The Bertz CT molecular complexity index is 324. The first-order valence-corrected chi connectivity index (χ1v) is 6.08. The molecule has 0 amide bonds. The van der Waals surface area contributed by atoms with Crippen molar-refractivity contribution in [1.29, 1.82) is 0 Å². The highest BCUT2D eigenvalue weighted by atomic mass is 14.9. The van der Waals surface area contributed by atoms with Crippen LogP contribution in [0.2, 0.25) is 0 Å². The van der Waals surface area contributed by atoms with Gasteiger partial charge in [-0.15, -0.1) is 0 Å². The van der Waals surface area contributed by atoms with Gasteiger partial charge in [-0.1, -0.05) is 13.8 Å². The first-order valence-electron chi connectivity index (χ1n) is 6.08. The fourth-order valence-corrected chi connectivity index (χ4v) is 1.78. The van der Waals surface area contributed by atoms with Crippen molar-refractivity contribution >= 4 is 0 Å². The fraction of sp³-hybridized carbons (Fsp3) is 0.692. The summed E-state index contributed by atoms with van der Waals surface area (Å²) in [4.78, 5) is 9.24. The maximum atomic E-state index is 4.62. The Morgan fingerprint density at radius 2 is 1.75 bits per heavy atom. The molecule has 1 atom stereocenters. The lowest BCUT2D eigenvalue weighted by molar-refractivity contribution is 0.662. The van der Waals surface area contributed by atoms with Gasteiger partial charge >= 0.3 is 0 Å². The molecule has 1 rings (SSSR count). The zero-order valence-corrected chi connectivity index (χ0v) is 11.1. The summed E-state index contributed by atoms with van der Waals surface area (Å²) in [5, 5.41) is 3.16. The van der Waals surface area contributed by atoms with Crippen molar-refractivity contribution in [2.45, 2.75) is 46.5 Å². The average molecular weight is 221 g/mol. The van der Waals surface area contributed by atoms with Crippen LogP contribution in [0.1, 0.15) is 49.0 Å². The molecule has 0 fully saturated rings. The minimum absolute atomic E-state index is 0.454. The Labute approximate surface area is 98.7 Å². The molecular formula is C13H23N3. The highest BCUT2D eigenvalue weighted by molar-refractivity contribution is 5.25. The molecule has 0 radical (unpaired) electrons. The molecule has 0 spiro atoms. The average Bonchev–Trinajstić information content (AvgIpc) is 2.26. The number of aryl methyl sites for hydroxylation is 2. The summed E-state index contributed by atoms with van der Waals surface area (Å²) in [6.07, 6.45) is 2.10. The second-order valence-corrected chi connectivity index (χ2v) is 4.39. The van der Waals surface area contributed by atoms with Crippen LogP contribution in [0.25, 0.3) is 0 Å². The van der Waals surface area contributed by atoms with Crippen LogP contribution >= 0.6 is 0 Å². The van der Waals surface area contributed by atoms with Crippen molar-refractivity contribution in [2.24, 2.45) is 0 Å². The minimum Gasteiger partial charge on any atom is -0.319 e. The Morgan fingerprint density at radius 1 is 1.19 bits per heavy atom. The van der Waals surface area contributed by atoms with Crippen LogP contribution in [0.15, 0.2) is 0 Å².